The molecule has 2 rings (SSSR count). The van der Waals surface area contributed by atoms with E-state index in [1.165, 1.54) is 9.75 Å². The lowest BCUT2D eigenvalue weighted by molar-refractivity contribution is 1.17. The van der Waals surface area contributed by atoms with E-state index in [0.29, 0.717) is 0 Å². The van der Waals surface area contributed by atoms with Crippen LogP contribution in [0, 0.1) is 6.92 Å². The van der Waals surface area contributed by atoms with Crippen LogP contribution in [0.4, 0.5) is 0 Å². The Morgan fingerprint density at radius 1 is 1.19 bits per heavy atom. The highest BCUT2D eigenvalue weighted by atomic mass is 79.9. The third-order valence-corrected chi connectivity index (χ3v) is 5.39. The van der Waals surface area contributed by atoms with Crippen LogP contribution in [0.1, 0.15) is 20.7 Å². The van der Waals surface area contributed by atoms with Crippen LogP contribution in [0.25, 0.3) is 0 Å². The van der Waals surface area contributed by atoms with E-state index in [-0.39, 0.29) is 5.38 Å². The molecule has 4 heteroatoms. The van der Waals surface area contributed by atoms with Gasteiger partial charge in [0, 0.05) is 18.7 Å². The van der Waals surface area contributed by atoms with Crippen LogP contribution in [-0.4, -0.2) is 0 Å². The predicted molar refractivity (Wildman–Crippen MR) is 78.6 cm³/mol. The van der Waals surface area contributed by atoms with Crippen LogP contribution in [0.5, 0.6) is 0 Å². The van der Waals surface area contributed by atoms with Crippen molar-refractivity contribution in [2.45, 2.75) is 12.3 Å². The maximum Gasteiger partial charge on any atom is 0.0939 e. The first kappa shape index (κ1) is 12.6. The highest BCUT2D eigenvalue weighted by molar-refractivity contribution is 9.10. The van der Waals surface area contributed by atoms with Gasteiger partial charge in [-0.15, -0.1) is 22.9 Å². The van der Waals surface area contributed by atoms with Gasteiger partial charge < -0.3 is 0 Å². The summed E-state index contributed by atoms with van der Waals surface area (Å²) in [6.45, 7) is 2.09. The zero-order valence-corrected chi connectivity index (χ0v) is 13.3. The van der Waals surface area contributed by atoms with E-state index in [0.717, 1.165) is 14.5 Å². The van der Waals surface area contributed by atoms with Crippen molar-refractivity contribution in [2.24, 2.45) is 0 Å². The first-order chi connectivity index (χ1) is 7.58. The van der Waals surface area contributed by atoms with Gasteiger partial charge in [0.15, 0.2) is 0 Å². The number of thiophene rings is 1. The molecular formula is C12H9Br2ClS. The third kappa shape index (κ3) is 2.70. The second-order valence-electron chi connectivity index (χ2n) is 3.48. The van der Waals surface area contributed by atoms with Gasteiger partial charge in [0.05, 0.1) is 5.38 Å². The monoisotopic (exact) mass is 378 g/mol. The van der Waals surface area contributed by atoms with Crippen LogP contribution >= 0.6 is 54.8 Å². The lowest BCUT2D eigenvalue weighted by Crippen LogP contribution is -1.90. The molecule has 0 spiro atoms. The van der Waals surface area contributed by atoms with Crippen LogP contribution < -0.4 is 0 Å². The molecule has 0 radical (unpaired) electrons. The fraction of sp³-hybridized carbons (Fsp3) is 0.167. The number of hydrogen-bond donors (Lipinski definition) is 0. The van der Waals surface area contributed by atoms with Gasteiger partial charge in [-0.1, -0.05) is 28.1 Å². The van der Waals surface area contributed by atoms with E-state index in [9.17, 15) is 0 Å². The highest BCUT2D eigenvalue weighted by Crippen LogP contribution is 2.39. The van der Waals surface area contributed by atoms with Crippen LogP contribution in [-0.2, 0) is 0 Å². The average molecular weight is 381 g/mol. The highest BCUT2D eigenvalue weighted by Gasteiger charge is 2.16. The van der Waals surface area contributed by atoms with Crippen molar-refractivity contribution in [1.82, 2.24) is 0 Å². The van der Waals surface area contributed by atoms with Gasteiger partial charge in [0.1, 0.15) is 0 Å². The molecule has 1 unspecified atom stereocenters. The van der Waals surface area contributed by atoms with Gasteiger partial charge in [-0.25, -0.2) is 0 Å². The molecule has 0 aliphatic carbocycles. The van der Waals surface area contributed by atoms with Crippen molar-refractivity contribution in [3.05, 3.63) is 54.6 Å². The van der Waals surface area contributed by atoms with E-state index in [1.54, 1.807) is 11.3 Å². The first-order valence-corrected chi connectivity index (χ1v) is 7.57. The minimum absolute atomic E-state index is 0.0822. The molecule has 1 aromatic carbocycles. The SMILES string of the molecule is Cc1cc(Br)c(C(Cl)c2ccc(Br)cc2)s1. The number of alkyl halides is 1. The number of aryl methyl sites for hydroxylation is 1. The number of rotatable bonds is 2. The van der Waals surface area contributed by atoms with Gasteiger partial charge in [0.25, 0.3) is 0 Å². The number of benzene rings is 1. The van der Waals surface area contributed by atoms with E-state index in [1.807, 2.05) is 24.3 Å². The minimum atomic E-state index is -0.0822. The van der Waals surface area contributed by atoms with E-state index in [4.69, 9.17) is 11.6 Å². The molecule has 0 amide bonds. The van der Waals surface area contributed by atoms with E-state index < -0.39 is 0 Å². The smallest absolute Gasteiger partial charge is 0.0939 e. The molecule has 0 bridgehead atoms. The maximum absolute atomic E-state index is 6.47. The van der Waals surface area contributed by atoms with E-state index >= 15 is 0 Å². The van der Waals surface area contributed by atoms with E-state index in [2.05, 4.69) is 44.8 Å². The summed E-state index contributed by atoms with van der Waals surface area (Å²) in [7, 11) is 0. The van der Waals surface area contributed by atoms with Crippen molar-refractivity contribution in [3.8, 4) is 0 Å². The number of halogens is 3. The summed E-state index contributed by atoms with van der Waals surface area (Å²) in [6.07, 6.45) is 0. The third-order valence-electron chi connectivity index (χ3n) is 2.23. The Morgan fingerprint density at radius 3 is 2.31 bits per heavy atom. The minimum Gasteiger partial charge on any atom is -0.143 e. The zero-order valence-electron chi connectivity index (χ0n) is 8.51. The number of hydrogen-bond acceptors (Lipinski definition) is 1. The molecule has 0 aliphatic heterocycles. The van der Waals surface area contributed by atoms with Crippen molar-refractivity contribution >= 4 is 54.8 Å². The maximum atomic E-state index is 6.47. The molecule has 16 heavy (non-hydrogen) atoms. The Labute approximate surface area is 121 Å². The molecule has 84 valence electrons. The Hall–Kier alpha value is 0.170. The summed E-state index contributed by atoms with van der Waals surface area (Å²) >= 11 is 15.2. The summed E-state index contributed by atoms with van der Waals surface area (Å²) in [5.41, 5.74) is 1.12. The normalized spacial score (nSPS) is 12.8. The molecule has 1 heterocycles. The van der Waals surface area contributed by atoms with Crippen molar-refractivity contribution in [2.75, 3.05) is 0 Å². The molecule has 0 aliphatic rings. The van der Waals surface area contributed by atoms with Gasteiger partial charge in [0.2, 0.25) is 0 Å². The Bertz CT molecular complexity index is 490. The summed E-state index contributed by atoms with van der Waals surface area (Å²) in [5, 5.41) is -0.0822. The molecule has 1 atom stereocenters. The lowest BCUT2D eigenvalue weighted by Gasteiger charge is -2.08. The standard InChI is InChI=1S/C12H9Br2ClS/c1-7-6-10(14)12(16-7)11(15)8-2-4-9(13)5-3-8/h2-6,11H,1H3. The second kappa shape index (κ2) is 5.21. The predicted octanol–water partition coefficient (Wildman–Crippen LogP) is 5.91. The van der Waals surface area contributed by atoms with Crippen LogP contribution in [0.15, 0.2) is 39.3 Å². The Kier molecular flexibility index (Phi) is 4.11. The summed E-state index contributed by atoms with van der Waals surface area (Å²) in [5.74, 6) is 0. The van der Waals surface area contributed by atoms with Gasteiger partial charge in [-0.2, -0.15) is 0 Å². The van der Waals surface area contributed by atoms with Crippen molar-refractivity contribution < 1.29 is 0 Å². The summed E-state index contributed by atoms with van der Waals surface area (Å²) < 4.78 is 2.17. The van der Waals surface area contributed by atoms with Gasteiger partial charge in [-0.3, -0.25) is 0 Å². The first-order valence-electron chi connectivity index (χ1n) is 4.73. The Morgan fingerprint density at radius 2 is 1.81 bits per heavy atom. The fourth-order valence-corrected chi connectivity index (χ4v) is 4.14. The molecule has 0 nitrogen and oxygen atoms in total. The molecule has 0 fully saturated rings. The van der Waals surface area contributed by atoms with Crippen molar-refractivity contribution in [1.29, 1.82) is 0 Å². The molecule has 0 saturated carbocycles. The Balaban J connectivity index is 2.35. The summed E-state index contributed by atoms with van der Waals surface area (Å²) in [6, 6.07) is 10.2. The van der Waals surface area contributed by atoms with Gasteiger partial charge >= 0.3 is 0 Å². The molecule has 0 N–H and O–H groups in total. The molecular weight excluding hydrogens is 371 g/mol. The quantitative estimate of drug-likeness (QED) is 0.568. The molecule has 1 aromatic heterocycles. The topological polar surface area (TPSA) is 0 Å². The molecule has 2 aromatic rings. The average Bonchev–Trinajstić information content (AvgIpc) is 2.58. The van der Waals surface area contributed by atoms with Crippen LogP contribution in [0.3, 0.4) is 0 Å². The molecule has 0 saturated heterocycles. The lowest BCUT2D eigenvalue weighted by atomic mass is 10.1. The van der Waals surface area contributed by atoms with Gasteiger partial charge in [-0.05, 0) is 46.6 Å². The second-order valence-corrected chi connectivity index (χ2v) is 6.98. The summed E-state index contributed by atoms with van der Waals surface area (Å²) in [4.78, 5) is 2.44. The van der Waals surface area contributed by atoms with Crippen molar-refractivity contribution in [3.63, 3.8) is 0 Å². The largest absolute Gasteiger partial charge is 0.143 e. The zero-order chi connectivity index (χ0) is 11.7. The fourth-order valence-electron chi connectivity index (χ4n) is 1.46. The van der Waals surface area contributed by atoms with Crippen LogP contribution in [0.2, 0.25) is 0 Å².